The van der Waals surface area contributed by atoms with Crippen LogP contribution < -0.4 is 0 Å². The molecular weight excluding hydrogens is 311 g/mol. The van der Waals surface area contributed by atoms with E-state index in [1.54, 1.807) is 0 Å². The fourth-order valence-corrected chi connectivity index (χ4v) is 3.28. The first-order chi connectivity index (χ1) is 9.56. The number of carbonyl (C=O) groups excluding carboxylic acids is 1. The predicted octanol–water partition coefficient (Wildman–Crippen LogP) is 5.11. The van der Waals surface area contributed by atoms with Gasteiger partial charge in [0.05, 0.1) is 20.1 Å². The lowest BCUT2D eigenvalue weighted by atomic mass is 10.1. The largest absolute Gasteiger partial charge is 0.460 e. The van der Waals surface area contributed by atoms with E-state index in [-0.39, 0.29) is 16.5 Å². The molecule has 116 valence electrons. The van der Waals surface area contributed by atoms with Gasteiger partial charge in [0.1, 0.15) is 0 Å². The average Bonchev–Trinajstić information content (AvgIpc) is 2.40. The maximum atomic E-state index is 11.0. The summed E-state index contributed by atoms with van der Waals surface area (Å²) in [6, 6.07) is 1.16. The number of unbranched alkanes of at least 4 members (excludes halogenated alkanes) is 6. The fourth-order valence-electron chi connectivity index (χ4n) is 1.96. The van der Waals surface area contributed by atoms with E-state index in [1.165, 1.54) is 44.6 Å². The Morgan fingerprint density at radius 1 is 1.15 bits per heavy atom. The Labute approximate surface area is 136 Å². The molecule has 0 rings (SSSR count). The van der Waals surface area contributed by atoms with Gasteiger partial charge in [-0.3, -0.25) is 0 Å². The Bertz CT molecular complexity index is 260. The summed E-state index contributed by atoms with van der Waals surface area (Å²) in [5.74, 6) is -0.325. The van der Waals surface area contributed by atoms with Gasteiger partial charge in [0.2, 0.25) is 0 Å². The molecule has 0 aliphatic carbocycles. The van der Waals surface area contributed by atoms with E-state index in [2.05, 4.69) is 6.58 Å². The normalized spacial score (nSPS) is 12.4. The van der Waals surface area contributed by atoms with Gasteiger partial charge in [-0.15, -0.1) is 23.2 Å². The molecule has 0 aliphatic heterocycles. The Balaban J connectivity index is 3.20. The van der Waals surface area contributed by atoms with Gasteiger partial charge in [0.15, 0.2) is 0 Å². The molecule has 0 heterocycles. The van der Waals surface area contributed by atoms with Crippen molar-refractivity contribution in [1.82, 2.24) is 0 Å². The molecule has 5 heteroatoms. The summed E-state index contributed by atoms with van der Waals surface area (Å²) in [6.45, 7) is 5.32. The summed E-state index contributed by atoms with van der Waals surface area (Å²) in [6.07, 6.45) is 10.8. The van der Waals surface area contributed by atoms with E-state index in [4.69, 9.17) is 27.9 Å². The van der Waals surface area contributed by atoms with Crippen LogP contribution in [0.1, 0.15) is 58.3 Å². The number of rotatable bonds is 13. The van der Waals surface area contributed by atoms with Crippen molar-refractivity contribution in [2.45, 2.75) is 74.9 Å². The smallest absolute Gasteiger partial charge is 0.330 e. The second-order valence-electron chi connectivity index (χ2n) is 4.97. The molecule has 0 aliphatic rings. The molecule has 2 radical (unpaired) electrons. The Morgan fingerprint density at radius 3 is 2.25 bits per heavy atom. The predicted molar refractivity (Wildman–Crippen MR) is 88.7 cm³/mol. The van der Waals surface area contributed by atoms with Crippen LogP contribution in [0.3, 0.4) is 0 Å². The highest BCUT2D eigenvalue weighted by Gasteiger charge is 2.05. The molecule has 2 nitrogen and oxygen atoms in total. The van der Waals surface area contributed by atoms with Crippen molar-refractivity contribution in [2.75, 3.05) is 0 Å². The van der Waals surface area contributed by atoms with Crippen molar-refractivity contribution in [1.29, 1.82) is 0 Å². The Morgan fingerprint density at radius 2 is 1.70 bits per heavy atom. The highest BCUT2D eigenvalue weighted by molar-refractivity contribution is 6.68. The molecule has 20 heavy (non-hydrogen) atoms. The number of esters is 1. The summed E-state index contributed by atoms with van der Waals surface area (Å²) in [5, 5.41) is 0. The van der Waals surface area contributed by atoms with E-state index in [1.807, 2.05) is 6.92 Å². The third-order valence-corrected chi connectivity index (χ3v) is 4.95. The summed E-state index contributed by atoms with van der Waals surface area (Å²) in [5.41, 5.74) is 0. The van der Waals surface area contributed by atoms with Crippen molar-refractivity contribution in [3.8, 4) is 0 Å². The molecule has 0 aromatic rings. The van der Waals surface area contributed by atoms with E-state index >= 15 is 0 Å². The SMILES string of the molecule is C=CC(=O)OC(C)CCCCCCCCC[Si]C(Cl)Cl. The summed E-state index contributed by atoms with van der Waals surface area (Å²) in [4.78, 5) is 11.0. The van der Waals surface area contributed by atoms with E-state index in [9.17, 15) is 4.79 Å². The second kappa shape index (κ2) is 14.0. The lowest BCUT2D eigenvalue weighted by molar-refractivity contribution is -0.142. The van der Waals surface area contributed by atoms with Crippen LogP contribution in [-0.2, 0) is 9.53 Å². The molecule has 0 spiro atoms. The molecule has 0 saturated heterocycles. The zero-order chi connectivity index (χ0) is 15.2. The van der Waals surface area contributed by atoms with Gasteiger partial charge >= 0.3 is 5.97 Å². The third-order valence-electron chi connectivity index (χ3n) is 3.07. The van der Waals surface area contributed by atoms with Gasteiger partial charge < -0.3 is 4.74 Å². The molecule has 0 fully saturated rings. The molecule has 0 N–H and O–H groups in total. The number of hydrogen-bond donors (Lipinski definition) is 0. The van der Waals surface area contributed by atoms with Gasteiger partial charge in [-0.2, -0.15) is 0 Å². The number of ether oxygens (including phenoxy) is 1. The molecule has 0 aromatic carbocycles. The van der Waals surface area contributed by atoms with Gasteiger partial charge in [0, 0.05) is 6.08 Å². The van der Waals surface area contributed by atoms with Crippen LogP contribution in [0.5, 0.6) is 0 Å². The molecule has 0 saturated carbocycles. The highest BCUT2D eigenvalue weighted by atomic mass is 35.5. The zero-order valence-electron chi connectivity index (χ0n) is 12.4. The minimum absolute atomic E-state index is 0.000503. The van der Waals surface area contributed by atoms with Crippen molar-refractivity contribution >= 4 is 38.7 Å². The standard InChI is InChI=1S/C15H26Cl2O2Si/c1-3-14(18)19-13(2)11-9-7-5-4-6-8-10-12-20-15(16)17/h3,13,15H,1,4-12H2,2H3. The minimum atomic E-state index is -0.325. The van der Waals surface area contributed by atoms with Gasteiger partial charge in [0.25, 0.3) is 0 Å². The van der Waals surface area contributed by atoms with E-state index in [0.29, 0.717) is 9.52 Å². The molecule has 0 aromatic heterocycles. The van der Waals surface area contributed by atoms with Gasteiger partial charge in [-0.25, -0.2) is 4.79 Å². The van der Waals surface area contributed by atoms with Crippen molar-refractivity contribution < 1.29 is 9.53 Å². The van der Waals surface area contributed by atoms with Crippen molar-refractivity contribution in [2.24, 2.45) is 0 Å². The van der Waals surface area contributed by atoms with Crippen LogP contribution in [0.2, 0.25) is 6.04 Å². The third kappa shape index (κ3) is 14.4. The van der Waals surface area contributed by atoms with Crippen LogP contribution in [0.4, 0.5) is 0 Å². The summed E-state index contributed by atoms with van der Waals surface area (Å²) < 4.78 is 4.94. The van der Waals surface area contributed by atoms with E-state index < -0.39 is 0 Å². The lowest BCUT2D eigenvalue weighted by Gasteiger charge is -2.11. The topological polar surface area (TPSA) is 26.3 Å². The summed E-state index contributed by atoms with van der Waals surface area (Å²) in [7, 11) is 0.678. The first-order valence-electron chi connectivity index (χ1n) is 7.41. The van der Waals surface area contributed by atoms with Crippen LogP contribution in [0, 0.1) is 0 Å². The second-order valence-corrected chi connectivity index (χ2v) is 8.28. The van der Waals surface area contributed by atoms with Crippen molar-refractivity contribution in [3.63, 3.8) is 0 Å². The molecule has 0 amide bonds. The first-order valence-corrected chi connectivity index (χ1v) is 9.56. The highest BCUT2D eigenvalue weighted by Crippen LogP contribution is 2.12. The number of hydrogen-bond acceptors (Lipinski definition) is 2. The average molecular weight is 337 g/mol. The maximum absolute atomic E-state index is 11.0. The van der Waals surface area contributed by atoms with Gasteiger partial charge in [-0.05, 0) is 19.8 Å². The lowest BCUT2D eigenvalue weighted by Crippen LogP contribution is -2.12. The molecule has 1 unspecified atom stereocenters. The number of alkyl halides is 2. The van der Waals surface area contributed by atoms with Crippen LogP contribution >= 0.6 is 23.2 Å². The molecule has 0 bridgehead atoms. The molecule has 1 atom stereocenters. The first kappa shape index (κ1) is 20.0. The monoisotopic (exact) mass is 336 g/mol. The maximum Gasteiger partial charge on any atom is 0.330 e. The number of carbonyl (C=O) groups is 1. The minimum Gasteiger partial charge on any atom is -0.460 e. The van der Waals surface area contributed by atoms with E-state index in [0.717, 1.165) is 18.9 Å². The van der Waals surface area contributed by atoms with Crippen LogP contribution in [0.25, 0.3) is 0 Å². The van der Waals surface area contributed by atoms with Crippen LogP contribution in [0.15, 0.2) is 12.7 Å². The van der Waals surface area contributed by atoms with Gasteiger partial charge in [-0.1, -0.05) is 51.1 Å². The van der Waals surface area contributed by atoms with Crippen LogP contribution in [-0.4, -0.2) is 26.1 Å². The quantitative estimate of drug-likeness (QED) is 0.153. The zero-order valence-corrected chi connectivity index (χ0v) is 14.9. The number of halogens is 2. The summed E-state index contributed by atoms with van der Waals surface area (Å²) >= 11 is 11.4. The Hall–Kier alpha value is 0.00688. The molecular formula is C15H26Cl2O2Si. The fraction of sp³-hybridized carbons (Fsp3) is 0.800. The Kier molecular flexibility index (Phi) is 14.0. The van der Waals surface area contributed by atoms with Crippen molar-refractivity contribution in [3.05, 3.63) is 12.7 Å².